The summed E-state index contributed by atoms with van der Waals surface area (Å²) in [5.41, 5.74) is 1.24. The van der Waals surface area contributed by atoms with E-state index in [-0.39, 0.29) is 0 Å². The molecule has 2 aromatic carbocycles. The lowest BCUT2D eigenvalue weighted by atomic mass is 9.97. The average molecular weight is 230 g/mol. The molecule has 0 aromatic heterocycles. The molecule has 0 N–H and O–H groups in total. The zero-order chi connectivity index (χ0) is 12.4. The highest BCUT2D eigenvalue weighted by atomic mass is 16.5. The van der Waals surface area contributed by atoms with Gasteiger partial charge in [-0.05, 0) is 35.1 Å². The number of benzene rings is 2. The summed E-state index contributed by atoms with van der Waals surface area (Å²) in [6.07, 6.45) is 0. The summed E-state index contributed by atoms with van der Waals surface area (Å²) in [5, 5.41) is 2.28. The standard InChI is InChI=1S/C15H18O2/c1-10(2)13-7-5-11-9-12(16-3)6-8-14(11)15(13)17-4/h5-10H,1-4H3. The van der Waals surface area contributed by atoms with Crippen LogP contribution in [0.25, 0.3) is 10.8 Å². The van der Waals surface area contributed by atoms with E-state index in [1.807, 2.05) is 12.1 Å². The Morgan fingerprint density at radius 2 is 1.71 bits per heavy atom. The number of fused-ring (bicyclic) bond motifs is 1. The number of hydrogen-bond donors (Lipinski definition) is 0. The molecule has 0 unspecified atom stereocenters. The van der Waals surface area contributed by atoms with E-state index in [0.29, 0.717) is 5.92 Å². The van der Waals surface area contributed by atoms with Gasteiger partial charge in [-0.2, -0.15) is 0 Å². The zero-order valence-electron chi connectivity index (χ0n) is 10.8. The Morgan fingerprint density at radius 3 is 2.29 bits per heavy atom. The van der Waals surface area contributed by atoms with Crippen LogP contribution in [-0.4, -0.2) is 14.2 Å². The van der Waals surface area contributed by atoms with Gasteiger partial charge >= 0.3 is 0 Å². The lowest BCUT2D eigenvalue weighted by molar-refractivity contribution is 0.411. The fourth-order valence-corrected chi connectivity index (χ4v) is 2.11. The average Bonchev–Trinajstić information content (AvgIpc) is 2.36. The van der Waals surface area contributed by atoms with Crippen LogP contribution in [0.3, 0.4) is 0 Å². The predicted molar refractivity (Wildman–Crippen MR) is 71.1 cm³/mol. The summed E-state index contributed by atoms with van der Waals surface area (Å²) in [6.45, 7) is 4.35. The summed E-state index contributed by atoms with van der Waals surface area (Å²) in [4.78, 5) is 0. The summed E-state index contributed by atoms with van der Waals surface area (Å²) >= 11 is 0. The van der Waals surface area contributed by atoms with Crippen LogP contribution in [0.1, 0.15) is 25.3 Å². The first-order chi connectivity index (χ1) is 8.17. The molecular formula is C15H18O2. The Balaban J connectivity index is 2.69. The van der Waals surface area contributed by atoms with Crippen molar-refractivity contribution in [2.75, 3.05) is 14.2 Å². The quantitative estimate of drug-likeness (QED) is 0.794. The van der Waals surface area contributed by atoms with Crippen molar-refractivity contribution in [3.63, 3.8) is 0 Å². The highest BCUT2D eigenvalue weighted by Crippen LogP contribution is 2.35. The second-order valence-corrected chi connectivity index (χ2v) is 4.43. The van der Waals surface area contributed by atoms with Crippen molar-refractivity contribution < 1.29 is 9.47 Å². The molecule has 2 nitrogen and oxygen atoms in total. The van der Waals surface area contributed by atoms with Gasteiger partial charge in [0.25, 0.3) is 0 Å². The molecule has 17 heavy (non-hydrogen) atoms. The van der Waals surface area contributed by atoms with E-state index < -0.39 is 0 Å². The van der Waals surface area contributed by atoms with Gasteiger partial charge in [0.2, 0.25) is 0 Å². The van der Waals surface area contributed by atoms with Gasteiger partial charge in [-0.1, -0.05) is 26.0 Å². The molecule has 0 radical (unpaired) electrons. The first-order valence-corrected chi connectivity index (χ1v) is 5.82. The predicted octanol–water partition coefficient (Wildman–Crippen LogP) is 3.98. The molecule has 2 aromatic rings. The second-order valence-electron chi connectivity index (χ2n) is 4.43. The zero-order valence-corrected chi connectivity index (χ0v) is 10.8. The van der Waals surface area contributed by atoms with Gasteiger partial charge in [-0.25, -0.2) is 0 Å². The van der Waals surface area contributed by atoms with Crippen molar-refractivity contribution in [2.45, 2.75) is 19.8 Å². The molecule has 0 heterocycles. The first kappa shape index (κ1) is 11.8. The molecule has 0 saturated heterocycles. The minimum absolute atomic E-state index is 0.455. The third-order valence-corrected chi connectivity index (χ3v) is 3.03. The van der Waals surface area contributed by atoms with Gasteiger partial charge in [0.1, 0.15) is 11.5 Å². The van der Waals surface area contributed by atoms with Crippen LogP contribution in [0.15, 0.2) is 30.3 Å². The number of rotatable bonds is 3. The molecule has 0 aliphatic rings. The van der Waals surface area contributed by atoms with Crippen molar-refractivity contribution in [2.24, 2.45) is 0 Å². The lowest BCUT2D eigenvalue weighted by Gasteiger charge is -2.14. The maximum atomic E-state index is 5.55. The van der Waals surface area contributed by atoms with Crippen molar-refractivity contribution in [1.82, 2.24) is 0 Å². The molecular weight excluding hydrogens is 212 g/mol. The molecule has 0 spiro atoms. The Kier molecular flexibility index (Phi) is 3.23. The van der Waals surface area contributed by atoms with Gasteiger partial charge in [0, 0.05) is 5.39 Å². The Labute approximate surface area is 102 Å². The summed E-state index contributed by atoms with van der Waals surface area (Å²) < 4.78 is 10.8. The van der Waals surface area contributed by atoms with E-state index >= 15 is 0 Å². The van der Waals surface area contributed by atoms with Crippen LogP contribution in [0.2, 0.25) is 0 Å². The molecule has 0 amide bonds. The van der Waals surface area contributed by atoms with Gasteiger partial charge in [-0.15, -0.1) is 0 Å². The smallest absolute Gasteiger partial charge is 0.130 e. The normalized spacial score (nSPS) is 10.9. The molecule has 2 rings (SSSR count). The van der Waals surface area contributed by atoms with Crippen LogP contribution in [0.4, 0.5) is 0 Å². The summed E-state index contributed by atoms with van der Waals surface area (Å²) in [7, 11) is 3.41. The van der Waals surface area contributed by atoms with Crippen LogP contribution in [0, 0.1) is 0 Å². The summed E-state index contributed by atoms with van der Waals surface area (Å²) in [5.74, 6) is 2.30. The molecule has 0 atom stereocenters. The highest BCUT2D eigenvalue weighted by Gasteiger charge is 2.11. The molecule has 0 aliphatic heterocycles. The minimum Gasteiger partial charge on any atom is -0.497 e. The van der Waals surface area contributed by atoms with Crippen molar-refractivity contribution in [3.05, 3.63) is 35.9 Å². The maximum absolute atomic E-state index is 5.55. The van der Waals surface area contributed by atoms with E-state index in [4.69, 9.17) is 9.47 Å². The first-order valence-electron chi connectivity index (χ1n) is 5.82. The van der Waals surface area contributed by atoms with E-state index in [9.17, 15) is 0 Å². The SMILES string of the molecule is COc1ccc2c(OC)c(C(C)C)ccc2c1. The summed E-state index contributed by atoms with van der Waals surface area (Å²) in [6, 6.07) is 10.3. The molecule has 0 aliphatic carbocycles. The van der Waals surface area contributed by atoms with Gasteiger partial charge < -0.3 is 9.47 Å². The monoisotopic (exact) mass is 230 g/mol. The third-order valence-electron chi connectivity index (χ3n) is 3.03. The third kappa shape index (κ3) is 2.07. The molecule has 0 fully saturated rings. The maximum Gasteiger partial charge on any atom is 0.130 e. The molecule has 90 valence electrons. The van der Waals surface area contributed by atoms with E-state index in [2.05, 4.69) is 32.0 Å². The number of ether oxygens (including phenoxy) is 2. The topological polar surface area (TPSA) is 18.5 Å². The molecule has 0 bridgehead atoms. The molecule has 0 saturated carbocycles. The largest absolute Gasteiger partial charge is 0.497 e. The van der Waals surface area contributed by atoms with Crippen LogP contribution in [-0.2, 0) is 0 Å². The van der Waals surface area contributed by atoms with Crippen molar-refractivity contribution in [1.29, 1.82) is 0 Å². The fourth-order valence-electron chi connectivity index (χ4n) is 2.11. The second kappa shape index (κ2) is 4.66. The van der Waals surface area contributed by atoms with E-state index in [0.717, 1.165) is 22.3 Å². The van der Waals surface area contributed by atoms with E-state index in [1.165, 1.54) is 5.56 Å². The van der Waals surface area contributed by atoms with E-state index in [1.54, 1.807) is 14.2 Å². The van der Waals surface area contributed by atoms with Crippen molar-refractivity contribution in [3.8, 4) is 11.5 Å². The molecule has 2 heteroatoms. The number of hydrogen-bond acceptors (Lipinski definition) is 2. The Morgan fingerprint density at radius 1 is 0.941 bits per heavy atom. The van der Waals surface area contributed by atoms with Crippen LogP contribution < -0.4 is 9.47 Å². The van der Waals surface area contributed by atoms with Crippen LogP contribution in [0.5, 0.6) is 11.5 Å². The van der Waals surface area contributed by atoms with Gasteiger partial charge in [0.05, 0.1) is 14.2 Å². The fraction of sp³-hybridized carbons (Fsp3) is 0.333. The van der Waals surface area contributed by atoms with Gasteiger partial charge in [0.15, 0.2) is 0 Å². The Hall–Kier alpha value is -1.70. The van der Waals surface area contributed by atoms with Gasteiger partial charge in [-0.3, -0.25) is 0 Å². The highest BCUT2D eigenvalue weighted by molar-refractivity contribution is 5.90. The lowest BCUT2D eigenvalue weighted by Crippen LogP contribution is -1.95. The Bertz CT molecular complexity index is 530. The number of methoxy groups -OCH3 is 2. The minimum atomic E-state index is 0.455. The van der Waals surface area contributed by atoms with Crippen LogP contribution >= 0.6 is 0 Å². The van der Waals surface area contributed by atoms with Crippen molar-refractivity contribution >= 4 is 10.8 Å².